The zero-order valence-corrected chi connectivity index (χ0v) is 15.8. The van der Waals surface area contributed by atoms with E-state index in [-0.39, 0.29) is 16.5 Å². The van der Waals surface area contributed by atoms with Crippen LogP contribution >= 0.6 is 0 Å². The lowest BCUT2D eigenvalue weighted by Crippen LogP contribution is -2.30. The van der Waals surface area contributed by atoms with Crippen molar-refractivity contribution in [2.75, 3.05) is 20.4 Å². The van der Waals surface area contributed by atoms with E-state index in [0.29, 0.717) is 6.54 Å². The summed E-state index contributed by atoms with van der Waals surface area (Å²) in [7, 11) is 0.627. The van der Waals surface area contributed by atoms with Gasteiger partial charge in [0.15, 0.2) is 9.84 Å². The zero-order valence-electron chi connectivity index (χ0n) is 15.0. The molecule has 0 aliphatic heterocycles. The van der Waals surface area contributed by atoms with Crippen LogP contribution < -0.4 is 5.56 Å². The fourth-order valence-corrected chi connectivity index (χ4v) is 3.50. The van der Waals surface area contributed by atoms with Crippen molar-refractivity contribution in [3.63, 3.8) is 0 Å². The maximum absolute atomic E-state index is 12.8. The Morgan fingerprint density at radius 2 is 1.80 bits per heavy atom. The van der Waals surface area contributed by atoms with Crippen LogP contribution in [-0.4, -0.2) is 43.4 Å². The molecule has 7 heteroatoms. The summed E-state index contributed by atoms with van der Waals surface area (Å²) in [5, 5.41) is 4.60. The smallest absolute Gasteiger partial charge is 0.271 e. The number of sulfone groups is 1. The molecule has 3 rings (SSSR count). The van der Waals surface area contributed by atoms with Gasteiger partial charge in [0, 0.05) is 23.9 Å². The highest BCUT2D eigenvalue weighted by molar-refractivity contribution is 7.90. The van der Waals surface area contributed by atoms with Crippen LogP contribution in [0, 0.1) is 6.92 Å². The number of hydrogen-bond donors (Lipinski definition) is 0. The summed E-state index contributed by atoms with van der Waals surface area (Å²) in [5.74, 6) is 0. The predicted octanol–water partition coefficient (Wildman–Crippen LogP) is 2.02. The van der Waals surface area contributed by atoms with E-state index in [1.165, 1.54) is 6.26 Å². The third kappa shape index (κ3) is 3.67. The lowest BCUT2D eigenvalue weighted by atomic mass is 10.0. The van der Waals surface area contributed by atoms with Crippen LogP contribution in [-0.2, 0) is 16.4 Å². The van der Waals surface area contributed by atoms with E-state index >= 15 is 0 Å². The van der Waals surface area contributed by atoms with E-state index in [9.17, 15) is 13.2 Å². The maximum atomic E-state index is 12.8. The average molecular weight is 361 g/mol. The van der Waals surface area contributed by atoms with Crippen LogP contribution in [0.5, 0.6) is 0 Å². The first-order valence-corrected chi connectivity index (χ1v) is 10.1. The van der Waals surface area contributed by atoms with Gasteiger partial charge in [-0.15, -0.1) is 0 Å². The van der Waals surface area contributed by atoms with Crippen molar-refractivity contribution in [3.05, 3.63) is 45.7 Å². The molecule has 1 aromatic carbocycles. The van der Waals surface area contributed by atoms with Crippen LogP contribution in [0.1, 0.15) is 30.0 Å². The molecule has 1 aliphatic rings. The van der Waals surface area contributed by atoms with Gasteiger partial charge >= 0.3 is 0 Å². The van der Waals surface area contributed by atoms with Gasteiger partial charge in [0.1, 0.15) is 0 Å². The van der Waals surface area contributed by atoms with E-state index in [1.807, 2.05) is 25.9 Å². The summed E-state index contributed by atoms with van der Waals surface area (Å²) < 4.78 is 24.9. The van der Waals surface area contributed by atoms with Crippen molar-refractivity contribution in [2.45, 2.75) is 37.2 Å². The summed E-state index contributed by atoms with van der Waals surface area (Å²) in [5.41, 5.74) is 3.13. The number of benzene rings is 1. The van der Waals surface area contributed by atoms with E-state index in [0.717, 1.165) is 35.2 Å². The quantitative estimate of drug-likeness (QED) is 0.815. The Bertz CT molecular complexity index is 956. The van der Waals surface area contributed by atoms with Gasteiger partial charge in [-0.3, -0.25) is 4.79 Å². The molecule has 0 spiro atoms. The van der Waals surface area contributed by atoms with Crippen LogP contribution in [0.15, 0.2) is 34.0 Å². The molecule has 0 N–H and O–H groups in total. The van der Waals surface area contributed by atoms with E-state index in [1.54, 1.807) is 28.9 Å². The fraction of sp³-hybridized carbons (Fsp3) is 0.444. The highest BCUT2D eigenvalue weighted by atomic mass is 32.2. The number of aromatic nitrogens is 2. The molecular weight excluding hydrogens is 338 g/mol. The van der Waals surface area contributed by atoms with Crippen LogP contribution in [0.25, 0.3) is 11.3 Å². The molecule has 1 aromatic heterocycles. The number of hydrogen-bond acceptors (Lipinski definition) is 5. The molecule has 2 aromatic rings. The van der Waals surface area contributed by atoms with Crippen molar-refractivity contribution >= 4 is 9.84 Å². The maximum Gasteiger partial charge on any atom is 0.271 e. The van der Waals surface area contributed by atoms with Crippen molar-refractivity contribution in [1.29, 1.82) is 0 Å². The van der Waals surface area contributed by atoms with Gasteiger partial charge in [0.25, 0.3) is 5.56 Å². The fourth-order valence-electron chi connectivity index (χ4n) is 2.87. The highest BCUT2D eigenvalue weighted by Crippen LogP contribution is 2.34. The molecule has 6 nitrogen and oxygen atoms in total. The minimum absolute atomic E-state index is 0.0230. The minimum Gasteiger partial charge on any atom is -0.305 e. The summed E-state index contributed by atoms with van der Waals surface area (Å²) in [6.45, 7) is 2.46. The van der Waals surface area contributed by atoms with Gasteiger partial charge in [-0.1, -0.05) is 12.1 Å². The van der Waals surface area contributed by atoms with Crippen molar-refractivity contribution in [2.24, 2.45) is 0 Å². The molecule has 1 saturated carbocycles. The predicted molar refractivity (Wildman–Crippen MR) is 97.4 cm³/mol. The normalized spacial score (nSPS) is 14.9. The van der Waals surface area contributed by atoms with Crippen LogP contribution in [0.2, 0.25) is 0 Å². The van der Waals surface area contributed by atoms with Crippen molar-refractivity contribution in [1.82, 2.24) is 14.7 Å². The lowest BCUT2D eigenvalue weighted by Gasteiger charge is -2.17. The first-order chi connectivity index (χ1) is 11.7. The first-order valence-electron chi connectivity index (χ1n) is 8.26. The summed E-state index contributed by atoms with van der Waals surface area (Å²) >= 11 is 0. The third-order valence-electron chi connectivity index (χ3n) is 4.40. The molecule has 25 heavy (non-hydrogen) atoms. The van der Waals surface area contributed by atoms with Gasteiger partial charge in [-0.25, -0.2) is 13.1 Å². The number of rotatable bonds is 5. The second-order valence-electron chi connectivity index (χ2n) is 6.97. The second kappa shape index (κ2) is 6.38. The SMILES string of the molecule is Cc1c(-c2ccc(S(C)(=O)=O)cc2)nn(C2CC2)c(=O)c1CN(C)C. The van der Waals surface area contributed by atoms with Gasteiger partial charge in [0.05, 0.1) is 16.6 Å². The number of nitrogens with zero attached hydrogens (tertiary/aromatic N) is 3. The molecule has 0 radical (unpaired) electrons. The van der Waals surface area contributed by atoms with Crippen LogP contribution in [0.3, 0.4) is 0 Å². The molecule has 134 valence electrons. The van der Waals surface area contributed by atoms with Gasteiger partial charge in [-0.2, -0.15) is 5.10 Å². The van der Waals surface area contributed by atoms with Gasteiger partial charge < -0.3 is 4.90 Å². The zero-order chi connectivity index (χ0) is 18.4. The lowest BCUT2D eigenvalue weighted by molar-refractivity contribution is 0.395. The largest absolute Gasteiger partial charge is 0.305 e. The van der Waals surface area contributed by atoms with Crippen molar-refractivity contribution < 1.29 is 8.42 Å². The molecule has 0 amide bonds. The van der Waals surface area contributed by atoms with E-state index in [2.05, 4.69) is 5.10 Å². The van der Waals surface area contributed by atoms with Gasteiger partial charge in [0.2, 0.25) is 0 Å². The minimum atomic E-state index is -3.24. The van der Waals surface area contributed by atoms with E-state index in [4.69, 9.17) is 0 Å². The average Bonchev–Trinajstić information content (AvgIpc) is 3.35. The Morgan fingerprint density at radius 1 is 1.20 bits per heavy atom. The Hall–Kier alpha value is -1.99. The standard InChI is InChI=1S/C18H23N3O3S/c1-12-16(11-20(2)3)18(22)21(14-7-8-14)19-17(12)13-5-9-15(10-6-13)25(4,23)24/h5-6,9-10,14H,7-8,11H2,1-4H3. The molecule has 1 aliphatic carbocycles. The molecule has 1 heterocycles. The highest BCUT2D eigenvalue weighted by Gasteiger charge is 2.28. The molecular formula is C18H23N3O3S. The summed E-state index contributed by atoms with van der Waals surface area (Å²) in [6.07, 6.45) is 3.14. The van der Waals surface area contributed by atoms with Crippen LogP contribution in [0.4, 0.5) is 0 Å². The Balaban J connectivity index is 2.15. The summed E-state index contributed by atoms with van der Waals surface area (Å²) in [4.78, 5) is 15.0. The molecule has 0 bridgehead atoms. The second-order valence-corrected chi connectivity index (χ2v) is 8.98. The summed E-state index contributed by atoms with van der Waals surface area (Å²) in [6, 6.07) is 6.87. The van der Waals surface area contributed by atoms with Crippen molar-refractivity contribution in [3.8, 4) is 11.3 Å². The topological polar surface area (TPSA) is 72.3 Å². The first kappa shape index (κ1) is 17.8. The molecule has 0 saturated heterocycles. The van der Waals surface area contributed by atoms with Gasteiger partial charge in [-0.05, 0) is 51.6 Å². The molecule has 1 fully saturated rings. The Morgan fingerprint density at radius 3 is 2.28 bits per heavy atom. The monoisotopic (exact) mass is 361 g/mol. The molecule has 0 unspecified atom stereocenters. The van der Waals surface area contributed by atoms with E-state index < -0.39 is 9.84 Å². The Labute approximate surface area is 148 Å². The third-order valence-corrected chi connectivity index (χ3v) is 5.53. The molecule has 0 atom stereocenters. The Kier molecular flexibility index (Phi) is 4.55.